The van der Waals surface area contributed by atoms with Crippen molar-refractivity contribution in [3.05, 3.63) is 41.3 Å². The zero-order valence-electron chi connectivity index (χ0n) is 6.79. The second-order valence-electron chi connectivity index (χ2n) is 2.68. The summed E-state index contributed by atoms with van der Waals surface area (Å²) >= 11 is 5.67. The van der Waals surface area contributed by atoms with E-state index in [0.717, 1.165) is 11.3 Å². The summed E-state index contributed by atoms with van der Waals surface area (Å²) in [4.78, 5) is 0. The Balaban J connectivity index is 2.29. The van der Waals surface area contributed by atoms with E-state index in [1.807, 2.05) is 35.7 Å². The molecule has 0 aliphatic carbocycles. The minimum Gasteiger partial charge on any atom is -0.286 e. The van der Waals surface area contributed by atoms with Crippen molar-refractivity contribution in [1.29, 1.82) is 0 Å². The lowest BCUT2D eigenvalue weighted by Crippen LogP contribution is -2.18. The molecule has 2 nitrogen and oxygen atoms in total. The Labute approximate surface area is 86.6 Å². The minimum absolute atomic E-state index is 0.185. The third-order valence-corrected chi connectivity index (χ3v) is 3.21. The summed E-state index contributed by atoms with van der Waals surface area (Å²) in [7, 11) is 0. The molecule has 1 aromatic carbocycles. The van der Waals surface area contributed by atoms with E-state index < -0.39 is 0 Å². The number of rotatable bonds is 1. The van der Waals surface area contributed by atoms with Crippen molar-refractivity contribution in [2.75, 3.05) is 0 Å². The van der Waals surface area contributed by atoms with Gasteiger partial charge in [0.25, 0.3) is 0 Å². The zero-order chi connectivity index (χ0) is 9.26. The molecule has 1 aromatic rings. The molecule has 0 fully saturated rings. The van der Waals surface area contributed by atoms with Crippen molar-refractivity contribution in [3.8, 4) is 0 Å². The van der Waals surface area contributed by atoms with E-state index in [9.17, 15) is 5.21 Å². The van der Waals surface area contributed by atoms with E-state index in [0.29, 0.717) is 0 Å². The highest BCUT2D eigenvalue weighted by Crippen LogP contribution is 2.36. The minimum atomic E-state index is -0.185. The lowest BCUT2D eigenvalue weighted by molar-refractivity contribution is -0.0128. The highest BCUT2D eigenvalue weighted by molar-refractivity contribution is 8.12. The van der Waals surface area contributed by atoms with Crippen LogP contribution in [0.5, 0.6) is 0 Å². The molecular formula is C9H9NOS2. The van der Waals surface area contributed by atoms with Crippen molar-refractivity contribution < 1.29 is 5.21 Å². The fourth-order valence-corrected chi connectivity index (χ4v) is 2.20. The molecule has 0 saturated heterocycles. The van der Waals surface area contributed by atoms with Gasteiger partial charge in [-0.1, -0.05) is 42.1 Å². The second-order valence-corrected chi connectivity index (χ2v) is 4.47. The first-order valence-corrected chi connectivity index (χ1v) is 5.32. The molecule has 1 unspecified atom stereocenters. The molecule has 1 aliphatic rings. The highest BCUT2D eigenvalue weighted by atomic mass is 32.2. The summed E-state index contributed by atoms with van der Waals surface area (Å²) in [6.07, 6.45) is 0. The van der Waals surface area contributed by atoms with Crippen LogP contribution in [-0.2, 0) is 0 Å². The maximum atomic E-state index is 9.58. The van der Waals surface area contributed by atoms with Crippen LogP contribution in [0.2, 0.25) is 0 Å². The summed E-state index contributed by atoms with van der Waals surface area (Å²) in [6.45, 7) is 0. The molecule has 0 bridgehead atoms. The predicted molar refractivity (Wildman–Crippen MR) is 58.4 cm³/mol. The van der Waals surface area contributed by atoms with Crippen molar-refractivity contribution in [2.24, 2.45) is 0 Å². The van der Waals surface area contributed by atoms with Crippen LogP contribution in [0.4, 0.5) is 0 Å². The van der Waals surface area contributed by atoms with Gasteiger partial charge in [0, 0.05) is 11.0 Å². The number of nitrogens with zero attached hydrogens (tertiary/aromatic N) is 1. The lowest BCUT2D eigenvalue weighted by Gasteiger charge is -2.17. The monoisotopic (exact) mass is 211 g/mol. The molecule has 1 atom stereocenters. The Hall–Kier alpha value is -0.580. The Bertz CT molecular complexity index is 326. The van der Waals surface area contributed by atoms with Gasteiger partial charge in [-0.3, -0.25) is 5.21 Å². The predicted octanol–water partition coefficient (Wildman–Crippen LogP) is 2.64. The lowest BCUT2D eigenvalue weighted by atomic mass is 10.2. The first-order valence-electron chi connectivity index (χ1n) is 3.86. The number of hydrogen-bond donors (Lipinski definition) is 2. The highest BCUT2D eigenvalue weighted by Gasteiger charge is 2.22. The van der Waals surface area contributed by atoms with Gasteiger partial charge in [-0.15, -0.1) is 12.6 Å². The second kappa shape index (κ2) is 3.65. The molecule has 1 N–H and O–H groups in total. The smallest absolute Gasteiger partial charge is 0.148 e. The average molecular weight is 211 g/mol. The summed E-state index contributed by atoms with van der Waals surface area (Å²) < 4.78 is -0.185. The first-order chi connectivity index (χ1) is 6.29. The summed E-state index contributed by atoms with van der Waals surface area (Å²) in [5.74, 6) is 0. The van der Waals surface area contributed by atoms with Gasteiger partial charge in [-0.05, 0) is 0 Å². The topological polar surface area (TPSA) is 23.5 Å². The Morgan fingerprint density at radius 2 is 2.00 bits per heavy atom. The SMILES string of the molecule is ON1C(c2ccccc2)=CSC1S. The molecule has 68 valence electrons. The molecule has 13 heavy (non-hydrogen) atoms. The van der Waals surface area contributed by atoms with Crippen LogP contribution in [0.3, 0.4) is 0 Å². The zero-order valence-corrected chi connectivity index (χ0v) is 8.50. The Morgan fingerprint density at radius 1 is 1.31 bits per heavy atom. The molecule has 4 heteroatoms. The number of thioether (sulfide) groups is 1. The van der Waals surface area contributed by atoms with Crippen molar-refractivity contribution in [3.63, 3.8) is 0 Å². The number of benzene rings is 1. The van der Waals surface area contributed by atoms with Gasteiger partial charge in [0.2, 0.25) is 0 Å². The van der Waals surface area contributed by atoms with Gasteiger partial charge in [0.05, 0.1) is 5.70 Å². The molecule has 0 amide bonds. The Morgan fingerprint density at radius 3 is 2.54 bits per heavy atom. The van der Waals surface area contributed by atoms with Crippen LogP contribution < -0.4 is 0 Å². The standard InChI is InChI=1S/C9H9NOS2/c11-10-8(6-13-9(10)12)7-4-2-1-3-5-7/h1-6,9,11-12H. The maximum Gasteiger partial charge on any atom is 0.148 e. The molecule has 0 aromatic heterocycles. The molecule has 1 heterocycles. The van der Waals surface area contributed by atoms with Gasteiger partial charge in [0.15, 0.2) is 0 Å². The Kier molecular flexibility index (Phi) is 2.53. The number of hydroxylamine groups is 2. The van der Waals surface area contributed by atoms with Crippen LogP contribution in [-0.4, -0.2) is 15.0 Å². The molecular weight excluding hydrogens is 202 g/mol. The van der Waals surface area contributed by atoms with E-state index in [-0.39, 0.29) is 4.71 Å². The van der Waals surface area contributed by atoms with Gasteiger partial charge < -0.3 is 0 Å². The van der Waals surface area contributed by atoms with Gasteiger partial charge in [0.1, 0.15) is 4.71 Å². The third kappa shape index (κ3) is 1.70. The van der Waals surface area contributed by atoms with Crippen LogP contribution in [0.25, 0.3) is 5.70 Å². The quantitative estimate of drug-likeness (QED) is 0.698. The van der Waals surface area contributed by atoms with E-state index in [4.69, 9.17) is 0 Å². The molecule has 0 saturated carbocycles. The number of thiol groups is 1. The fraction of sp³-hybridized carbons (Fsp3) is 0.111. The molecule has 2 rings (SSSR count). The number of hydrogen-bond acceptors (Lipinski definition) is 4. The molecule has 0 radical (unpaired) electrons. The largest absolute Gasteiger partial charge is 0.286 e. The van der Waals surface area contributed by atoms with E-state index >= 15 is 0 Å². The molecule has 0 spiro atoms. The van der Waals surface area contributed by atoms with Crippen molar-refractivity contribution in [1.82, 2.24) is 5.06 Å². The van der Waals surface area contributed by atoms with Crippen LogP contribution in [0, 0.1) is 0 Å². The van der Waals surface area contributed by atoms with E-state index in [2.05, 4.69) is 12.6 Å². The summed E-state index contributed by atoms with van der Waals surface area (Å²) in [6, 6.07) is 9.76. The fourth-order valence-electron chi connectivity index (χ4n) is 1.17. The van der Waals surface area contributed by atoms with E-state index in [1.54, 1.807) is 0 Å². The third-order valence-electron chi connectivity index (χ3n) is 1.83. The maximum absolute atomic E-state index is 9.58. The van der Waals surface area contributed by atoms with Crippen LogP contribution in [0.1, 0.15) is 5.56 Å². The van der Waals surface area contributed by atoms with Crippen LogP contribution in [0.15, 0.2) is 35.7 Å². The summed E-state index contributed by atoms with van der Waals surface area (Å²) in [5, 5.41) is 12.7. The van der Waals surface area contributed by atoms with Crippen molar-refractivity contribution >= 4 is 30.1 Å². The van der Waals surface area contributed by atoms with E-state index in [1.165, 1.54) is 16.8 Å². The van der Waals surface area contributed by atoms with Gasteiger partial charge >= 0.3 is 0 Å². The van der Waals surface area contributed by atoms with Crippen molar-refractivity contribution in [2.45, 2.75) is 4.71 Å². The normalized spacial score (nSPS) is 21.8. The van der Waals surface area contributed by atoms with Gasteiger partial charge in [-0.25, -0.2) is 5.06 Å². The summed E-state index contributed by atoms with van der Waals surface area (Å²) in [5.41, 5.74) is 1.82. The van der Waals surface area contributed by atoms with Gasteiger partial charge in [-0.2, -0.15) is 0 Å². The molecule has 1 aliphatic heterocycles. The van der Waals surface area contributed by atoms with Crippen LogP contribution >= 0.6 is 24.4 Å². The average Bonchev–Trinajstić information content (AvgIpc) is 2.49. The first kappa shape index (κ1) is 8.99.